The van der Waals surface area contributed by atoms with E-state index in [0.29, 0.717) is 0 Å². The summed E-state index contributed by atoms with van der Waals surface area (Å²) in [5.74, 6) is -1.06. The Morgan fingerprint density at radius 3 is 2.38 bits per heavy atom. The molecule has 0 bridgehead atoms. The van der Waals surface area contributed by atoms with E-state index in [1.807, 2.05) is 22.9 Å². The predicted octanol–water partition coefficient (Wildman–Crippen LogP) is 1.86. The first-order valence-corrected chi connectivity index (χ1v) is 4.45. The quantitative estimate of drug-likeness (QED) is 0.731. The highest BCUT2D eigenvalue weighted by molar-refractivity contribution is 7.07. The summed E-state index contributed by atoms with van der Waals surface area (Å²) in [6.07, 6.45) is 2.85. The third kappa shape index (κ3) is 3.53. The van der Waals surface area contributed by atoms with Crippen LogP contribution in [0.15, 0.2) is 35.3 Å². The molecule has 0 aliphatic carbocycles. The molecular formula is C8H8N2O2S. The third-order valence-electron chi connectivity index (χ3n) is 1.13. The van der Waals surface area contributed by atoms with E-state index in [2.05, 4.69) is 9.97 Å². The van der Waals surface area contributed by atoms with Crippen LogP contribution in [0.2, 0.25) is 0 Å². The predicted molar refractivity (Wildman–Crippen MR) is 49.9 cm³/mol. The van der Waals surface area contributed by atoms with Crippen LogP contribution in [0.25, 0.3) is 0 Å². The molecule has 0 saturated carbocycles. The maximum absolute atomic E-state index is 9.97. The molecule has 4 nitrogen and oxygen atoms in total. The van der Waals surface area contributed by atoms with Crippen LogP contribution >= 0.6 is 11.3 Å². The van der Waals surface area contributed by atoms with E-state index >= 15 is 0 Å². The average molecular weight is 196 g/mol. The summed E-state index contributed by atoms with van der Waals surface area (Å²) in [4.78, 5) is 15.9. The number of H-pyrrole nitrogens is 1. The minimum Gasteiger partial charge on any atom is -0.475 e. The summed E-state index contributed by atoms with van der Waals surface area (Å²) in [6.45, 7) is 0. The highest BCUT2D eigenvalue weighted by atomic mass is 32.1. The summed E-state index contributed by atoms with van der Waals surface area (Å²) in [6, 6.07) is 4.04. The van der Waals surface area contributed by atoms with Crippen molar-refractivity contribution in [2.75, 3.05) is 0 Å². The maximum Gasteiger partial charge on any atom is 0.371 e. The van der Waals surface area contributed by atoms with Crippen LogP contribution in [0.5, 0.6) is 0 Å². The van der Waals surface area contributed by atoms with Crippen LogP contribution in [0.1, 0.15) is 10.6 Å². The van der Waals surface area contributed by atoms with Crippen molar-refractivity contribution >= 4 is 17.3 Å². The van der Waals surface area contributed by atoms with Gasteiger partial charge in [-0.05, 0) is 10.8 Å². The van der Waals surface area contributed by atoms with Gasteiger partial charge in [0.15, 0.2) is 0 Å². The molecule has 0 aliphatic rings. The number of carboxylic acids is 1. The molecule has 0 saturated heterocycles. The first kappa shape index (κ1) is 9.47. The Morgan fingerprint density at radius 1 is 1.46 bits per heavy atom. The lowest BCUT2D eigenvalue weighted by molar-refractivity contribution is 0.0685. The molecule has 0 atom stereocenters. The standard InChI is InChI=1S/C4H4N2O2.C4H4S/c7-4(8)3-5-1-2-6-3;1-2-4-5-3-1/h1-2H,(H,5,6)(H,7,8);1-4H. The van der Waals surface area contributed by atoms with Crippen LogP contribution in [-0.2, 0) is 0 Å². The average Bonchev–Trinajstić information content (AvgIpc) is 2.82. The van der Waals surface area contributed by atoms with E-state index < -0.39 is 5.97 Å². The number of nitrogens with zero attached hydrogens (tertiary/aromatic N) is 1. The number of carbonyl (C=O) groups is 1. The zero-order chi connectivity index (χ0) is 9.52. The fourth-order valence-electron chi connectivity index (χ4n) is 0.609. The van der Waals surface area contributed by atoms with Gasteiger partial charge in [0.1, 0.15) is 0 Å². The van der Waals surface area contributed by atoms with Gasteiger partial charge in [-0.1, -0.05) is 12.1 Å². The SMILES string of the molecule is O=C(O)c1ncc[nH]1.c1ccsc1. The molecule has 0 spiro atoms. The normalized spacial score (nSPS) is 8.62. The van der Waals surface area contributed by atoms with Crippen molar-refractivity contribution in [1.29, 1.82) is 0 Å². The lowest BCUT2D eigenvalue weighted by atomic mass is 10.7. The highest BCUT2D eigenvalue weighted by Gasteiger charge is 2.00. The number of aromatic nitrogens is 2. The lowest BCUT2D eigenvalue weighted by Crippen LogP contribution is -1.97. The first-order chi connectivity index (χ1) is 6.30. The Bertz CT molecular complexity index is 312. The van der Waals surface area contributed by atoms with E-state index in [0.717, 1.165) is 0 Å². The van der Waals surface area contributed by atoms with Crippen molar-refractivity contribution < 1.29 is 9.90 Å². The Kier molecular flexibility index (Phi) is 3.72. The van der Waals surface area contributed by atoms with Gasteiger partial charge in [0.2, 0.25) is 5.82 Å². The summed E-state index contributed by atoms with van der Waals surface area (Å²) in [5, 5.41) is 12.3. The Labute approximate surface area is 78.9 Å². The molecule has 2 N–H and O–H groups in total. The monoisotopic (exact) mass is 196 g/mol. The number of aromatic carboxylic acids is 1. The van der Waals surface area contributed by atoms with Gasteiger partial charge in [-0.3, -0.25) is 0 Å². The molecular weight excluding hydrogens is 188 g/mol. The molecule has 0 radical (unpaired) electrons. The second kappa shape index (κ2) is 5.10. The van der Waals surface area contributed by atoms with Crippen LogP contribution < -0.4 is 0 Å². The molecule has 0 aromatic carbocycles. The number of carboxylic acid groups (broad SMARTS) is 1. The molecule has 2 aromatic rings. The zero-order valence-corrected chi connectivity index (χ0v) is 7.49. The smallest absolute Gasteiger partial charge is 0.371 e. The highest BCUT2D eigenvalue weighted by Crippen LogP contribution is 1.91. The number of hydrogen-bond acceptors (Lipinski definition) is 3. The largest absolute Gasteiger partial charge is 0.475 e. The van der Waals surface area contributed by atoms with Gasteiger partial charge in [0.25, 0.3) is 0 Å². The minimum absolute atomic E-state index is 0.0231. The van der Waals surface area contributed by atoms with Crippen molar-refractivity contribution in [2.24, 2.45) is 0 Å². The van der Waals surface area contributed by atoms with Crippen molar-refractivity contribution in [3.8, 4) is 0 Å². The lowest BCUT2D eigenvalue weighted by Gasteiger charge is -1.79. The summed E-state index contributed by atoms with van der Waals surface area (Å²) in [5.41, 5.74) is 0. The number of thiophene rings is 1. The summed E-state index contributed by atoms with van der Waals surface area (Å²) < 4.78 is 0. The van der Waals surface area contributed by atoms with Gasteiger partial charge in [-0.25, -0.2) is 9.78 Å². The second-order valence-electron chi connectivity index (χ2n) is 2.04. The van der Waals surface area contributed by atoms with Crippen LogP contribution in [0.4, 0.5) is 0 Å². The fraction of sp³-hybridized carbons (Fsp3) is 0. The molecule has 0 aliphatic heterocycles. The molecule has 0 fully saturated rings. The molecule has 0 amide bonds. The number of aromatic amines is 1. The molecule has 2 heterocycles. The number of rotatable bonds is 1. The molecule has 13 heavy (non-hydrogen) atoms. The fourth-order valence-corrected chi connectivity index (χ4v) is 1.06. The van der Waals surface area contributed by atoms with Crippen LogP contribution in [-0.4, -0.2) is 21.0 Å². The van der Waals surface area contributed by atoms with E-state index in [4.69, 9.17) is 5.11 Å². The van der Waals surface area contributed by atoms with E-state index in [1.165, 1.54) is 12.4 Å². The van der Waals surface area contributed by atoms with E-state index in [-0.39, 0.29) is 5.82 Å². The summed E-state index contributed by atoms with van der Waals surface area (Å²) >= 11 is 1.71. The summed E-state index contributed by atoms with van der Waals surface area (Å²) in [7, 11) is 0. The number of imidazole rings is 1. The Balaban J connectivity index is 0.000000145. The Morgan fingerprint density at radius 2 is 2.15 bits per heavy atom. The van der Waals surface area contributed by atoms with Gasteiger partial charge in [0, 0.05) is 12.4 Å². The third-order valence-corrected chi connectivity index (χ3v) is 1.75. The first-order valence-electron chi connectivity index (χ1n) is 3.50. The van der Waals surface area contributed by atoms with Gasteiger partial charge in [-0.15, -0.1) is 0 Å². The van der Waals surface area contributed by atoms with Gasteiger partial charge in [0.05, 0.1) is 0 Å². The number of nitrogens with one attached hydrogen (secondary N) is 1. The molecule has 2 aromatic heterocycles. The van der Waals surface area contributed by atoms with Gasteiger partial charge >= 0.3 is 5.97 Å². The van der Waals surface area contributed by atoms with Crippen molar-refractivity contribution in [3.63, 3.8) is 0 Å². The molecule has 68 valence electrons. The topological polar surface area (TPSA) is 66.0 Å². The number of hydrogen-bond donors (Lipinski definition) is 2. The van der Waals surface area contributed by atoms with Crippen LogP contribution in [0, 0.1) is 0 Å². The second-order valence-corrected chi connectivity index (χ2v) is 2.85. The molecule has 0 unspecified atom stereocenters. The maximum atomic E-state index is 9.97. The van der Waals surface area contributed by atoms with Crippen LogP contribution in [0.3, 0.4) is 0 Å². The van der Waals surface area contributed by atoms with E-state index in [1.54, 1.807) is 11.3 Å². The van der Waals surface area contributed by atoms with Crippen molar-refractivity contribution in [2.45, 2.75) is 0 Å². The van der Waals surface area contributed by atoms with Gasteiger partial charge in [-0.2, -0.15) is 11.3 Å². The zero-order valence-electron chi connectivity index (χ0n) is 6.68. The molecule has 5 heteroatoms. The van der Waals surface area contributed by atoms with Crippen molar-refractivity contribution in [3.05, 3.63) is 41.1 Å². The molecule has 2 rings (SSSR count). The van der Waals surface area contributed by atoms with Crippen molar-refractivity contribution in [1.82, 2.24) is 9.97 Å². The Hall–Kier alpha value is -1.62. The van der Waals surface area contributed by atoms with E-state index in [9.17, 15) is 4.79 Å². The minimum atomic E-state index is -1.03. The van der Waals surface area contributed by atoms with Gasteiger partial charge < -0.3 is 10.1 Å².